The molecule has 2 aromatic carbocycles. The molecule has 7 heteroatoms. The van der Waals surface area contributed by atoms with Crippen LogP contribution in [0.4, 0.5) is 11.4 Å². The molecule has 4 aromatic rings. The molecule has 5 rings (SSSR count). The second-order valence-electron chi connectivity index (χ2n) is 7.67. The van der Waals surface area contributed by atoms with Gasteiger partial charge in [0.25, 0.3) is 11.8 Å². The summed E-state index contributed by atoms with van der Waals surface area (Å²) >= 11 is 0. The van der Waals surface area contributed by atoms with Crippen LogP contribution in [0.25, 0.3) is 11.0 Å². The second-order valence-corrected chi connectivity index (χ2v) is 7.67. The van der Waals surface area contributed by atoms with Crippen molar-refractivity contribution in [3.8, 4) is 0 Å². The van der Waals surface area contributed by atoms with Gasteiger partial charge in [-0.2, -0.15) is 0 Å². The Labute approximate surface area is 185 Å². The van der Waals surface area contributed by atoms with E-state index in [0.29, 0.717) is 24.4 Å². The molecule has 2 aromatic heterocycles. The van der Waals surface area contributed by atoms with Crippen molar-refractivity contribution >= 4 is 34.2 Å². The molecule has 0 saturated carbocycles. The van der Waals surface area contributed by atoms with E-state index in [0.717, 1.165) is 35.4 Å². The summed E-state index contributed by atoms with van der Waals surface area (Å²) in [5.74, 6) is 0.117. The topological polar surface area (TPSA) is 78.7 Å². The van der Waals surface area contributed by atoms with Gasteiger partial charge in [-0.05, 0) is 48.5 Å². The summed E-state index contributed by atoms with van der Waals surface area (Å²) in [5, 5.41) is 3.81. The molecular weight excluding hydrogens is 404 g/mol. The monoisotopic (exact) mass is 426 g/mol. The summed E-state index contributed by atoms with van der Waals surface area (Å²) in [6, 6.07) is 20.6. The van der Waals surface area contributed by atoms with Crippen LogP contribution in [-0.2, 0) is 0 Å². The number of anilines is 2. The molecule has 1 fully saturated rings. The van der Waals surface area contributed by atoms with Crippen molar-refractivity contribution in [1.29, 1.82) is 0 Å². The van der Waals surface area contributed by atoms with Crippen molar-refractivity contribution in [2.45, 2.75) is 0 Å². The van der Waals surface area contributed by atoms with Gasteiger partial charge in [-0.15, -0.1) is 0 Å². The molecule has 1 saturated heterocycles. The Morgan fingerprint density at radius 2 is 1.69 bits per heavy atom. The number of piperazine rings is 1. The van der Waals surface area contributed by atoms with E-state index in [1.165, 1.54) is 6.20 Å². The van der Waals surface area contributed by atoms with E-state index in [-0.39, 0.29) is 11.8 Å². The lowest BCUT2D eigenvalue weighted by atomic mass is 10.2. The van der Waals surface area contributed by atoms with Crippen LogP contribution in [0, 0.1) is 0 Å². The van der Waals surface area contributed by atoms with E-state index in [1.807, 2.05) is 59.5 Å². The fourth-order valence-electron chi connectivity index (χ4n) is 3.87. The largest absolute Gasteiger partial charge is 0.451 e. The number of furan rings is 1. The van der Waals surface area contributed by atoms with E-state index in [9.17, 15) is 9.59 Å². The van der Waals surface area contributed by atoms with E-state index < -0.39 is 0 Å². The van der Waals surface area contributed by atoms with Crippen LogP contribution in [0.3, 0.4) is 0 Å². The predicted molar refractivity (Wildman–Crippen MR) is 123 cm³/mol. The number of benzene rings is 2. The van der Waals surface area contributed by atoms with Gasteiger partial charge in [-0.25, -0.2) is 0 Å². The maximum atomic E-state index is 12.8. The number of rotatable bonds is 4. The lowest BCUT2D eigenvalue weighted by Gasteiger charge is -2.35. The van der Waals surface area contributed by atoms with Gasteiger partial charge in [0.05, 0.1) is 5.56 Å². The predicted octanol–water partition coefficient (Wildman–Crippen LogP) is 4.04. The molecule has 2 amide bonds. The van der Waals surface area contributed by atoms with Crippen molar-refractivity contribution in [2.75, 3.05) is 36.4 Å². The molecule has 32 heavy (non-hydrogen) atoms. The van der Waals surface area contributed by atoms with Gasteiger partial charge in [-0.3, -0.25) is 14.6 Å². The van der Waals surface area contributed by atoms with Crippen LogP contribution < -0.4 is 10.2 Å². The minimum Gasteiger partial charge on any atom is -0.451 e. The number of hydrogen-bond donors (Lipinski definition) is 1. The van der Waals surface area contributed by atoms with Gasteiger partial charge in [0.1, 0.15) is 5.58 Å². The molecule has 3 heterocycles. The third-order valence-corrected chi connectivity index (χ3v) is 5.62. The zero-order valence-corrected chi connectivity index (χ0v) is 17.4. The molecule has 1 aliphatic rings. The van der Waals surface area contributed by atoms with Crippen LogP contribution in [0.2, 0.25) is 0 Å². The van der Waals surface area contributed by atoms with E-state index in [4.69, 9.17) is 4.42 Å². The number of fused-ring (bicyclic) bond motifs is 1. The molecular formula is C25H22N4O3. The van der Waals surface area contributed by atoms with E-state index >= 15 is 0 Å². The number of para-hydroxylation sites is 1. The molecule has 0 bridgehead atoms. The number of amides is 2. The molecule has 0 spiro atoms. The Kier molecular flexibility index (Phi) is 5.29. The lowest BCUT2D eigenvalue weighted by molar-refractivity contribution is 0.0717. The van der Waals surface area contributed by atoms with Crippen molar-refractivity contribution < 1.29 is 14.0 Å². The maximum Gasteiger partial charge on any atom is 0.289 e. The summed E-state index contributed by atoms with van der Waals surface area (Å²) in [6.45, 7) is 2.70. The van der Waals surface area contributed by atoms with Gasteiger partial charge >= 0.3 is 0 Å². The zero-order chi connectivity index (χ0) is 21.9. The molecule has 1 aliphatic heterocycles. The van der Waals surface area contributed by atoms with Crippen molar-refractivity contribution in [3.63, 3.8) is 0 Å². The molecule has 7 nitrogen and oxygen atoms in total. The highest BCUT2D eigenvalue weighted by atomic mass is 16.3. The number of carbonyl (C=O) groups is 2. The van der Waals surface area contributed by atoms with Crippen molar-refractivity contribution in [3.05, 3.63) is 90.4 Å². The first-order chi connectivity index (χ1) is 15.7. The van der Waals surface area contributed by atoms with Gasteiger partial charge in [0.15, 0.2) is 5.76 Å². The molecule has 0 atom stereocenters. The standard InChI is InChI=1S/C25H22N4O3/c30-24(19-5-3-11-26-17-19)27-20-7-9-21(10-8-20)28-12-14-29(15-13-28)25(31)23-16-18-4-1-2-6-22(18)32-23/h1-11,16-17H,12-15H2,(H,27,30). The summed E-state index contributed by atoms with van der Waals surface area (Å²) in [5.41, 5.74) is 3.02. The highest BCUT2D eigenvalue weighted by Gasteiger charge is 2.24. The average molecular weight is 426 g/mol. The quantitative estimate of drug-likeness (QED) is 0.533. The first-order valence-electron chi connectivity index (χ1n) is 10.5. The first kappa shape index (κ1) is 19.8. The third-order valence-electron chi connectivity index (χ3n) is 5.62. The van der Waals surface area contributed by atoms with Crippen LogP contribution in [0.5, 0.6) is 0 Å². The summed E-state index contributed by atoms with van der Waals surface area (Å²) in [4.78, 5) is 33.1. The first-order valence-corrected chi connectivity index (χ1v) is 10.5. The number of nitrogens with one attached hydrogen (secondary N) is 1. The van der Waals surface area contributed by atoms with Gasteiger partial charge in [-0.1, -0.05) is 18.2 Å². The molecule has 0 aliphatic carbocycles. The number of nitrogens with zero attached hydrogens (tertiary/aromatic N) is 3. The molecule has 0 radical (unpaired) electrons. The van der Waals surface area contributed by atoms with Gasteiger partial charge in [0.2, 0.25) is 0 Å². The fraction of sp³-hybridized carbons (Fsp3) is 0.160. The van der Waals surface area contributed by atoms with Gasteiger partial charge in [0, 0.05) is 55.3 Å². The summed E-state index contributed by atoms with van der Waals surface area (Å²) in [7, 11) is 0. The lowest BCUT2D eigenvalue weighted by Crippen LogP contribution is -2.48. The number of hydrogen-bond acceptors (Lipinski definition) is 5. The molecule has 160 valence electrons. The minimum atomic E-state index is -0.191. The SMILES string of the molecule is O=C(Nc1ccc(N2CCN(C(=O)c3cc4ccccc4o3)CC2)cc1)c1cccnc1. The molecule has 1 N–H and O–H groups in total. The Hall–Kier alpha value is -4.13. The van der Waals surface area contributed by atoms with Crippen LogP contribution in [-0.4, -0.2) is 47.9 Å². The van der Waals surface area contributed by atoms with E-state index in [1.54, 1.807) is 18.3 Å². The zero-order valence-electron chi connectivity index (χ0n) is 17.4. The maximum absolute atomic E-state index is 12.8. The second kappa shape index (κ2) is 8.55. The minimum absolute atomic E-state index is 0.0747. The number of pyridine rings is 1. The number of carbonyl (C=O) groups excluding carboxylic acids is 2. The molecule has 0 unspecified atom stereocenters. The number of aromatic nitrogens is 1. The Morgan fingerprint density at radius 3 is 2.41 bits per heavy atom. The van der Waals surface area contributed by atoms with Crippen LogP contribution >= 0.6 is 0 Å². The highest BCUT2D eigenvalue weighted by molar-refractivity contribution is 6.04. The average Bonchev–Trinajstić information content (AvgIpc) is 3.29. The van der Waals surface area contributed by atoms with Crippen LogP contribution in [0.1, 0.15) is 20.9 Å². The Bertz CT molecular complexity index is 1210. The van der Waals surface area contributed by atoms with Crippen molar-refractivity contribution in [2.24, 2.45) is 0 Å². The van der Waals surface area contributed by atoms with Crippen LogP contribution in [0.15, 0.2) is 83.5 Å². The summed E-state index contributed by atoms with van der Waals surface area (Å²) < 4.78 is 5.73. The van der Waals surface area contributed by atoms with E-state index in [2.05, 4.69) is 15.2 Å². The third kappa shape index (κ3) is 4.05. The van der Waals surface area contributed by atoms with Gasteiger partial charge < -0.3 is 19.5 Å². The Morgan fingerprint density at radius 1 is 0.906 bits per heavy atom. The fourth-order valence-corrected chi connectivity index (χ4v) is 3.87. The Balaban J connectivity index is 1.19. The smallest absolute Gasteiger partial charge is 0.289 e. The van der Waals surface area contributed by atoms with Crippen molar-refractivity contribution in [1.82, 2.24) is 9.88 Å². The summed E-state index contributed by atoms with van der Waals surface area (Å²) in [6.07, 6.45) is 3.17. The highest BCUT2D eigenvalue weighted by Crippen LogP contribution is 2.23. The normalized spacial score (nSPS) is 13.9.